The van der Waals surface area contributed by atoms with Gasteiger partial charge in [0.25, 0.3) is 5.56 Å². The van der Waals surface area contributed by atoms with E-state index < -0.39 is 0 Å². The van der Waals surface area contributed by atoms with Crippen molar-refractivity contribution < 1.29 is 14.3 Å². The van der Waals surface area contributed by atoms with Gasteiger partial charge >= 0.3 is 0 Å². The Morgan fingerprint density at radius 1 is 1.32 bits per heavy atom. The number of carbonyl (C=O) groups excluding carboxylic acids is 1. The first-order chi connectivity index (χ1) is 10.6. The topological polar surface area (TPSA) is 69.9 Å². The molecule has 0 fully saturated rings. The molecule has 2 aromatic rings. The molecule has 0 saturated carbocycles. The van der Waals surface area contributed by atoms with E-state index in [0.29, 0.717) is 20.8 Å². The molecule has 22 heavy (non-hydrogen) atoms. The van der Waals surface area contributed by atoms with Gasteiger partial charge in [-0.2, -0.15) is 0 Å². The van der Waals surface area contributed by atoms with E-state index in [9.17, 15) is 9.59 Å². The number of aromatic nitrogens is 1. The van der Waals surface area contributed by atoms with E-state index in [1.807, 2.05) is 19.1 Å². The number of fused-ring (bicyclic) bond motifs is 2. The molecular weight excluding hydrogens is 304 g/mol. The molecule has 1 atom stereocenters. The highest BCUT2D eigenvalue weighted by atomic mass is 32.1. The minimum Gasteiger partial charge on any atom is -0.454 e. The van der Waals surface area contributed by atoms with Gasteiger partial charge < -0.3 is 9.47 Å². The summed E-state index contributed by atoms with van der Waals surface area (Å²) in [7, 11) is 0. The van der Waals surface area contributed by atoms with Crippen LogP contribution in [0, 0.1) is 0 Å². The van der Waals surface area contributed by atoms with Gasteiger partial charge in [0.1, 0.15) is 0 Å². The highest BCUT2D eigenvalue weighted by molar-refractivity contribution is 7.07. The predicted molar refractivity (Wildman–Crippen MR) is 80.2 cm³/mol. The van der Waals surface area contributed by atoms with Gasteiger partial charge in [0.05, 0.1) is 10.6 Å². The van der Waals surface area contributed by atoms with E-state index in [0.717, 1.165) is 5.56 Å². The number of hydrogen-bond acceptors (Lipinski definition) is 6. The summed E-state index contributed by atoms with van der Waals surface area (Å²) in [5.41, 5.74) is 0.513. The first-order valence-corrected chi connectivity index (χ1v) is 7.68. The maximum atomic E-state index is 12.4. The lowest BCUT2D eigenvalue weighted by molar-refractivity contribution is 0.0877. The van der Waals surface area contributed by atoms with Gasteiger partial charge in [-0.1, -0.05) is 17.4 Å². The smallest absolute Gasteiger partial charge is 0.277 e. The second-order valence-electron chi connectivity index (χ2n) is 5.22. The summed E-state index contributed by atoms with van der Waals surface area (Å²) in [6.07, 6.45) is 2.01. The Morgan fingerprint density at radius 2 is 2.14 bits per heavy atom. The Kier molecular flexibility index (Phi) is 2.90. The van der Waals surface area contributed by atoms with Gasteiger partial charge in [0.2, 0.25) is 12.7 Å². The van der Waals surface area contributed by atoms with Crippen molar-refractivity contribution in [3.05, 3.63) is 43.5 Å². The quantitative estimate of drug-likeness (QED) is 0.769. The average Bonchev–Trinajstić information content (AvgIpc) is 3.04. The average molecular weight is 316 g/mol. The third-order valence-electron chi connectivity index (χ3n) is 3.55. The van der Waals surface area contributed by atoms with Crippen LogP contribution in [0.4, 0.5) is 0 Å². The van der Waals surface area contributed by atoms with Crippen LogP contribution in [0.2, 0.25) is 0 Å². The summed E-state index contributed by atoms with van der Waals surface area (Å²) in [4.78, 5) is 29.2. The zero-order valence-corrected chi connectivity index (χ0v) is 12.6. The van der Waals surface area contributed by atoms with Crippen molar-refractivity contribution in [3.8, 4) is 11.5 Å². The lowest BCUT2D eigenvalue weighted by Gasteiger charge is -2.09. The number of nitrogens with zero attached hydrogens (tertiary/aromatic N) is 2. The van der Waals surface area contributed by atoms with Gasteiger partial charge in [-0.3, -0.25) is 14.6 Å². The number of hydrogen-bond donors (Lipinski definition) is 0. The molecule has 0 aliphatic carbocycles. The molecule has 3 heterocycles. The highest BCUT2D eigenvalue weighted by Crippen LogP contribution is 2.32. The molecule has 6 nitrogen and oxygen atoms in total. The number of thiazole rings is 1. The Hall–Kier alpha value is -2.41. The van der Waals surface area contributed by atoms with Crippen LogP contribution in [0.3, 0.4) is 0 Å². The van der Waals surface area contributed by atoms with Crippen molar-refractivity contribution >= 4 is 23.3 Å². The molecule has 0 radical (unpaired) electrons. The van der Waals surface area contributed by atoms with Gasteiger partial charge in [-0.05, 0) is 30.7 Å². The largest absolute Gasteiger partial charge is 0.454 e. The van der Waals surface area contributed by atoms with E-state index in [2.05, 4.69) is 4.99 Å². The Morgan fingerprint density at radius 3 is 3.00 bits per heavy atom. The zero-order chi connectivity index (χ0) is 15.3. The molecule has 2 aliphatic heterocycles. The van der Waals surface area contributed by atoms with Crippen molar-refractivity contribution in [2.75, 3.05) is 6.79 Å². The molecule has 0 spiro atoms. The zero-order valence-electron chi connectivity index (χ0n) is 11.7. The lowest BCUT2D eigenvalue weighted by atomic mass is 10.2. The van der Waals surface area contributed by atoms with Gasteiger partial charge in [0, 0.05) is 6.42 Å². The Labute approximate surface area is 128 Å². The molecule has 4 rings (SSSR count). The molecule has 7 heteroatoms. The predicted octanol–water partition coefficient (Wildman–Crippen LogP) is 0.519. The van der Waals surface area contributed by atoms with Crippen LogP contribution in [-0.2, 0) is 0 Å². The summed E-state index contributed by atoms with van der Waals surface area (Å²) >= 11 is 1.23. The second-order valence-corrected chi connectivity index (χ2v) is 6.23. The molecule has 1 aromatic carbocycles. The molecular formula is C15H12N2O4S. The van der Waals surface area contributed by atoms with Crippen molar-refractivity contribution in [3.63, 3.8) is 0 Å². The fourth-order valence-corrected chi connectivity index (χ4v) is 3.59. The number of carbonyl (C=O) groups is 1. The van der Waals surface area contributed by atoms with E-state index in [1.165, 1.54) is 15.9 Å². The minimum absolute atomic E-state index is 0.0797. The lowest BCUT2D eigenvalue weighted by Crippen LogP contribution is -2.40. The van der Waals surface area contributed by atoms with Crippen LogP contribution < -0.4 is 24.4 Å². The summed E-state index contributed by atoms with van der Waals surface area (Å²) in [5, 5.41) is 0. The highest BCUT2D eigenvalue weighted by Gasteiger charge is 2.21. The van der Waals surface area contributed by atoms with E-state index in [4.69, 9.17) is 9.47 Å². The van der Waals surface area contributed by atoms with Gasteiger partial charge in [0.15, 0.2) is 16.3 Å². The monoisotopic (exact) mass is 316 g/mol. The molecule has 112 valence electrons. The third kappa shape index (κ3) is 2.05. The molecule has 1 aromatic heterocycles. The van der Waals surface area contributed by atoms with Crippen LogP contribution >= 0.6 is 11.3 Å². The molecule has 1 unspecified atom stereocenters. The number of benzene rings is 1. The molecule has 0 bridgehead atoms. The normalized spacial score (nSPS) is 20.0. The summed E-state index contributed by atoms with van der Waals surface area (Å²) in [6.45, 7) is 2.08. The minimum atomic E-state index is -0.307. The van der Waals surface area contributed by atoms with E-state index in [-0.39, 0.29) is 30.7 Å². The molecule has 0 saturated heterocycles. The van der Waals surface area contributed by atoms with Crippen LogP contribution in [0.5, 0.6) is 11.5 Å². The van der Waals surface area contributed by atoms with E-state index >= 15 is 0 Å². The maximum Gasteiger partial charge on any atom is 0.277 e. The van der Waals surface area contributed by atoms with Crippen LogP contribution in [0.25, 0.3) is 6.08 Å². The molecule has 0 amide bonds. The van der Waals surface area contributed by atoms with Crippen molar-refractivity contribution in [2.45, 2.75) is 19.4 Å². The first-order valence-electron chi connectivity index (χ1n) is 6.86. The Bertz CT molecular complexity index is 957. The van der Waals surface area contributed by atoms with Gasteiger partial charge in [-0.15, -0.1) is 0 Å². The SMILES string of the molecule is CC1CC(=O)n2c(sc(=Cc3ccc4c(c3)OCO4)c2=O)=N1. The summed E-state index contributed by atoms with van der Waals surface area (Å²) in [5.74, 6) is 1.16. The van der Waals surface area contributed by atoms with Crippen molar-refractivity contribution in [1.82, 2.24) is 4.57 Å². The van der Waals surface area contributed by atoms with Crippen molar-refractivity contribution in [2.24, 2.45) is 4.99 Å². The third-order valence-corrected chi connectivity index (χ3v) is 4.53. The summed E-state index contributed by atoms with van der Waals surface area (Å²) in [6, 6.07) is 5.38. The Balaban J connectivity index is 1.88. The van der Waals surface area contributed by atoms with Crippen LogP contribution in [0.15, 0.2) is 28.0 Å². The number of rotatable bonds is 1. The fourth-order valence-electron chi connectivity index (χ4n) is 2.51. The van der Waals surface area contributed by atoms with Crippen LogP contribution in [0.1, 0.15) is 23.7 Å². The second kappa shape index (κ2) is 4.81. The van der Waals surface area contributed by atoms with Gasteiger partial charge in [-0.25, -0.2) is 4.57 Å². The molecule has 2 aliphatic rings. The first kappa shape index (κ1) is 13.3. The maximum absolute atomic E-state index is 12.4. The standard InChI is InChI=1S/C15H12N2O4S/c1-8-4-13(18)17-14(19)12(22-15(17)16-8)6-9-2-3-10-11(5-9)21-7-20-10/h2-3,5-6,8H,4,7H2,1H3. The number of ether oxygens (including phenoxy) is 2. The van der Waals surface area contributed by atoms with E-state index in [1.54, 1.807) is 12.1 Å². The van der Waals surface area contributed by atoms with Crippen LogP contribution in [-0.4, -0.2) is 23.3 Å². The van der Waals surface area contributed by atoms with Crippen molar-refractivity contribution in [1.29, 1.82) is 0 Å². The fraction of sp³-hybridized carbons (Fsp3) is 0.267. The molecule has 0 N–H and O–H groups in total. The summed E-state index contributed by atoms with van der Waals surface area (Å²) < 4.78 is 12.2.